The highest BCUT2D eigenvalue weighted by Crippen LogP contribution is 2.42. The molecule has 1 saturated heterocycles. The third kappa shape index (κ3) is 3.42. The van der Waals surface area contributed by atoms with Crippen LogP contribution < -0.4 is 9.64 Å². The van der Waals surface area contributed by atoms with E-state index >= 15 is 0 Å². The van der Waals surface area contributed by atoms with Gasteiger partial charge in [0, 0.05) is 28.7 Å². The first-order chi connectivity index (χ1) is 14.5. The number of ether oxygens (including phenoxy) is 1. The van der Waals surface area contributed by atoms with Crippen LogP contribution in [-0.4, -0.2) is 28.9 Å². The number of hydrogen-bond acceptors (Lipinski definition) is 5. The summed E-state index contributed by atoms with van der Waals surface area (Å²) in [4.78, 5) is 31.5. The predicted octanol–water partition coefficient (Wildman–Crippen LogP) is 4.37. The number of amides is 1. The molecule has 1 amide bonds. The number of carbonyl (C=O) groups excluding carboxylic acids is 2. The number of halogens is 1. The van der Waals surface area contributed by atoms with E-state index in [9.17, 15) is 14.7 Å². The zero-order chi connectivity index (χ0) is 21.3. The molecule has 0 aliphatic carbocycles. The highest BCUT2D eigenvalue weighted by molar-refractivity contribution is 6.51. The Morgan fingerprint density at radius 3 is 2.53 bits per heavy atom. The van der Waals surface area contributed by atoms with Crippen molar-refractivity contribution >= 4 is 34.7 Å². The predicted molar refractivity (Wildman–Crippen MR) is 113 cm³/mol. The fraction of sp³-hybridized carbons (Fsp3) is 0.0870. The second-order valence-electron chi connectivity index (χ2n) is 6.66. The normalized spacial score (nSPS) is 17.9. The molecule has 1 atom stereocenters. The van der Waals surface area contributed by atoms with Crippen LogP contribution in [0.5, 0.6) is 5.75 Å². The maximum Gasteiger partial charge on any atom is 0.300 e. The fourth-order valence-electron chi connectivity index (χ4n) is 3.48. The lowest BCUT2D eigenvalue weighted by Gasteiger charge is -2.25. The summed E-state index contributed by atoms with van der Waals surface area (Å²) in [6, 6.07) is 15.9. The lowest BCUT2D eigenvalue weighted by atomic mass is 9.96. The Morgan fingerprint density at radius 1 is 1.10 bits per heavy atom. The molecule has 1 aliphatic heterocycles. The third-order valence-electron chi connectivity index (χ3n) is 4.89. The van der Waals surface area contributed by atoms with E-state index in [1.807, 2.05) is 0 Å². The standard InChI is InChI=1S/C23H17ClN2O4/c1-30-18-6-2-4-14(12-18)21(27)19-20(15-5-3-11-25-13-15)26(23(29)22(19)28)17-9-7-16(24)8-10-17/h2-13,20,27H,1H3/b21-19-. The van der Waals surface area contributed by atoms with Crippen molar-refractivity contribution in [3.05, 3.63) is 94.8 Å². The van der Waals surface area contributed by atoms with E-state index in [0.717, 1.165) is 0 Å². The molecule has 1 unspecified atom stereocenters. The van der Waals surface area contributed by atoms with Crippen LogP contribution >= 0.6 is 11.6 Å². The molecule has 1 aromatic heterocycles. The number of aromatic nitrogens is 1. The third-order valence-corrected chi connectivity index (χ3v) is 5.14. The zero-order valence-corrected chi connectivity index (χ0v) is 16.7. The van der Waals surface area contributed by atoms with Gasteiger partial charge in [-0.05, 0) is 48.0 Å². The first-order valence-corrected chi connectivity index (χ1v) is 9.50. The van der Waals surface area contributed by atoms with E-state index in [1.54, 1.807) is 73.1 Å². The number of anilines is 1. The van der Waals surface area contributed by atoms with Crippen LogP contribution in [0.25, 0.3) is 5.76 Å². The Morgan fingerprint density at radius 2 is 1.87 bits per heavy atom. The maximum atomic E-state index is 13.0. The van der Waals surface area contributed by atoms with E-state index in [4.69, 9.17) is 16.3 Å². The number of aliphatic hydroxyl groups is 1. The second kappa shape index (κ2) is 8.00. The molecule has 0 saturated carbocycles. The number of rotatable bonds is 4. The van der Waals surface area contributed by atoms with E-state index in [0.29, 0.717) is 27.6 Å². The van der Waals surface area contributed by atoms with Crippen LogP contribution in [0.3, 0.4) is 0 Å². The molecule has 150 valence electrons. The molecule has 1 N–H and O–H groups in total. The van der Waals surface area contributed by atoms with Crippen LogP contribution in [0, 0.1) is 0 Å². The summed E-state index contributed by atoms with van der Waals surface area (Å²) in [6.45, 7) is 0. The number of carbonyl (C=O) groups is 2. The molecule has 30 heavy (non-hydrogen) atoms. The van der Waals surface area contributed by atoms with E-state index in [1.165, 1.54) is 12.0 Å². The van der Waals surface area contributed by atoms with Gasteiger partial charge in [0.2, 0.25) is 0 Å². The zero-order valence-electron chi connectivity index (χ0n) is 15.9. The average Bonchev–Trinajstić information content (AvgIpc) is 3.05. The monoisotopic (exact) mass is 420 g/mol. The average molecular weight is 421 g/mol. The SMILES string of the molecule is COc1cccc(/C(O)=C2/C(=O)C(=O)N(c3ccc(Cl)cc3)C2c2cccnc2)c1. The van der Waals surface area contributed by atoms with Crippen molar-refractivity contribution in [1.29, 1.82) is 0 Å². The first kappa shape index (κ1) is 19.7. The topological polar surface area (TPSA) is 79.7 Å². The lowest BCUT2D eigenvalue weighted by molar-refractivity contribution is -0.132. The summed E-state index contributed by atoms with van der Waals surface area (Å²) in [5, 5.41) is 11.6. The minimum atomic E-state index is -0.842. The minimum absolute atomic E-state index is 0.0174. The number of methoxy groups -OCH3 is 1. The van der Waals surface area contributed by atoms with Gasteiger partial charge in [-0.15, -0.1) is 0 Å². The number of Topliss-reactive ketones (excluding diaryl/α,β-unsaturated/α-hetero) is 1. The Balaban J connectivity index is 1.93. The van der Waals surface area contributed by atoms with E-state index in [-0.39, 0.29) is 11.3 Å². The van der Waals surface area contributed by atoms with Crippen molar-refractivity contribution in [2.45, 2.75) is 6.04 Å². The highest BCUT2D eigenvalue weighted by Gasteiger charge is 2.47. The molecular formula is C23H17ClN2O4. The summed E-state index contributed by atoms with van der Waals surface area (Å²) in [5.74, 6) is -1.28. The number of aliphatic hydroxyl groups excluding tert-OH is 1. The summed E-state index contributed by atoms with van der Waals surface area (Å²) in [7, 11) is 1.51. The van der Waals surface area contributed by atoms with Gasteiger partial charge >= 0.3 is 0 Å². The van der Waals surface area contributed by atoms with E-state index in [2.05, 4.69) is 4.98 Å². The summed E-state index contributed by atoms with van der Waals surface area (Å²) >= 11 is 5.98. The highest BCUT2D eigenvalue weighted by atomic mass is 35.5. The minimum Gasteiger partial charge on any atom is -0.507 e. The Hall–Kier alpha value is -3.64. The van der Waals surface area contributed by atoms with Gasteiger partial charge in [-0.3, -0.25) is 19.5 Å². The quantitative estimate of drug-likeness (QED) is 0.385. The van der Waals surface area contributed by atoms with Gasteiger partial charge in [-0.1, -0.05) is 29.8 Å². The van der Waals surface area contributed by atoms with Crippen LogP contribution in [0.4, 0.5) is 5.69 Å². The van der Waals surface area contributed by atoms with Crippen molar-refractivity contribution in [2.24, 2.45) is 0 Å². The first-order valence-electron chi connectivity index (χ1n) is 9.12. The summed E-state index contributed by atoms with van der Waals surface area (Å²) in [5.41, 5.74) is 1.43. The smallest absolute Gasteiger partial charge is 0.300 e. The molecule has 0 spiro atoms. The van der Waals surface area contributed by atoms with E-state index < -0.39 is 17.7 Å². The van der Waals surface area contributed by atoms with Gasteiger partial charge in [0.25, 0.3) is 11.7 Å². The summed E-state index contributed by atoms with van der Waals surface area (Å²) in [6.07, 6.45) is 3.17. The molecule has 6 nitrogen and oxygen atoms in total. The molecule has 7 heteroatoms. The molecular weight excluding hydrogens is 404 g/mol. The molecule has 0 radical (unpaired) electrons. The molecule has 4 rings (SSSR count). The molecule has 1 aliphatic rings. The molecule has 2 aromatic carbocycles. The lowest BCUT2D eigenvalue weighted by Crippen LogP contribution is -2.29. The number of benzene rings is 2. The fourth-order valence-corrected chi connectivity index (χ4v) is 3.61. The maximum absolute atomic E-state index is 13.0. The van der Waals surface area contributed by atoms with Gasteiger partial charge in [-0.25, -0.2) is 0 Å². The van der Waals surface area contributed by atoms with Crippen LogP contribution in [0.15, 0.2) is 78.6 Å². The Kier molecular flexibility index (Phi) is 5.25. The van der Waals surface area contributed by atoms with Crippen molar-refractivity contribution < 1.29 is 19.4 Å². The van der Waals surface area contributed by atoms with Crippen LogP contribution in [0.2, 0.25) is 5.02 Å². The van der Waals surface area contributed by atoms with Crippen LogP contribution in [0.1, 0.15) is 17.2 Å². The molecule has 2 heterocycles. The van der Waals surface area contributed by atoms with Gasteiger partial charge < -0.3 is 9.84 Å². The number of pyridine rings is 1. The van der Waals surface area contributed by atoms with Gasteiger partial charge in [0.15, 0.2) is 0 Å². The Labute approximate surface area is 178 Å². The molecule has 1 fully saturated rings. The number of ketones is 1. The summed E-state index contributed by atoms with van der Waals surface area (Å²) < 4.78 is 5.21. The van der Waals surface area contributed by atoms with Gasteiger partial charge in [0.1, 0.15) is 11.5 Å². The van der Waals surface area contributed by atoms with Crippen molar-refractivity contribution in [1.82, 2.24) is 4.98 Å². The largest absolute Gasteiger partial charge is 0.507 e. The van der Waals surface area contributed by atoms with Crippen molar-refractivity contribution in [3.63, 3.8) is 0 Å². The number of nitrogens with zero attached hydrogens (tertiary/aromatic N) is 2. The van der Waals surface area contributed by atoms with Crippen molar-refractivity contribution in [2.75, 3.05) is 12.0 Å². The Bertz CT molecular complexity index is 1140. The number of hydrogen-bond donors (Lipinski definition) is 1. The second-order valence-corrected chi connectivity index (χ2v) is 7.10. The van der Waals surface area contributed by atoms with Gasteiger partial charge in [-0.2, -0.15) is 0 Å². The van der Waals surface area contributed by atoms with Crippen molar-refractivity contribution in [3.8, 4) is 5.75 Å². The molecule has 3 aromatic rings. The molecule has 0 bridgehead atoms. The van der Waals surface area contributed by atoms with Gasteiger partial charge in [0.05, 0.1) is 18.7 Å². The van der Waals surface area contributed by atoms with Crippen LogP contribution in [-0.2, 0) is 9.59 Å².